The molecule has 0 fully saturated rings. The smallest absolute Gasteiger partial charge is 0.217 e. The summed E-state index contributed by atoms with van der Waals surface area (Å²) in [6, 6.07) is 9.08. The molecule has 1 aliphatic rings. The zero-order chi connectivity index (χ0) is 14.8. The summed E-state index contributed by atoms with van der Waals surface area (Å²) in [5, 5.41) is 37.8. The van der Waals surface area contributed by atoms with Crippen molar-refractivity contribution in [1.82, 2.24) is 0 Å². The quantitative estimate of drug-likeness (QED) is 0.480. The van der Waals surface area contributed by atoms with Gasteiger partial charge in [-0.1, -0.05) is 36.4 Å². The van der Waals surface area contributed by atoms with Crippen LogP contribution in [0, 0.1) is 0 Å². The first-order valence-corrected chi connectivity index (χ1v) is 5.94. The van der Waals surface area contributed by atoms with Gasteiger partial charge in [-0.25, -0.2) is 0 Å². The third kappa shape index (κ3) is 2.85. The molecule has 1 atom stereocenters. The van der Waals surface area contributed by atoms with E-state index in [2.05, 4.69) is 0 Å². The van der Waals surface area contributed by atoms with Crippen LogP contribution in [0.2, 0.25) is 0 Å². The van der Waals surface area contributed by atoms with E-state index < -0.39 is 23.4 Å². The van der Waals surface area contributed by atoms with Gasteiger partial charge in [0.15, 0.2) is 11.9 Å². The Morgan fingerprint density at radius 1 is 1.20 bits per heavy atom. The zero-order valence-corrected chi connectivity index (χ0v) is 10.5. The lowest BCUT2D eigenvalue weighted by molar-refractivity contribution is -0.186. The summed E-state index contributed by atoms with van der Waals surface area (Å²) in [6.07, 6.45) is 2.76. The van der Waals surface area contributed by atoms with Gasteiger partial charge in [-0.2, -0.15) is 0 Å². The van der Waals surface area contributed by atoms with Gasteiger partial charge in [-0.15, -0.1) is 0 Å². The van der Waals surface area contributed by atoms with Crippen LogP contribution in [0.3, 0.4) is 0 Å². The molecule has 5 heteroatoms. The number of rotatable bonds is 3. The number of carbonyl (C=O) groups is 1. The summed E-state index contributed by atoms with van der Waals surface area (Å²) in [7, 11) is 0. The van der Waals surface area contributed by atoms with Crippen molar-refractivity contribution < 1.29 is 25.2 Å². The Morgan fingerprint density at radius 3 is 2.50 bits per heavy atom. The minimum Gasteiger partial charge on any atom is -0.509 e. The molecule has 1 aromatic carbocycles. The SMILES string of the molecule is O=C(C=Cc1ccccc1)C1=C(O)C(O)C(O)(O)C=C1. The fourth-order valence-electron chi connectivity index (χ4n) is 1.77. The molecule has 1 unspecified atom stereocenters. The number of aliphatic hydroxyl groups excluding tert-OH is 2. The van der Waals surface area contributed by atoms with E-state index in [-0.39, 0.29) is 5.57 Å². The molecule has 0 aromatic heterocycles. The van der Waals surface area contributed by atoms with Gasteiger partial charge in [0.1, 0.15) is 5.76 Å². The number of aliphatic hydroxyl groups is 4. The van der Waals surface area contributed by atoms with Crippen molar-refractivity contribution in [3.8, 4) is 0 Å². The molecule has 0 heterocycles. The second-order valence-corrected chi connectivity index (χ2v) is 4.43. The molecule has 104 valence electrons. The van der Waals surface area contributed by atoms with Crippen LogP contribution in [0.15, 0.2) is 59.9 Å². The summed E-state index contributed by atoms with van der Waals surface area (Å²) in [6.45, 7) is 0. The molecule has 0 radical (unpaired) electrons. The van der Waals surface area contributed by atoms with E-state index in [1.165, 1.54) is 6.08 Å². The first-order chi connectivity index (χ1) is 9.42. The molecule has 0 amide bonds. The average molecular weight is 274 g/mol. The van der Waals surface area contributed by atoms with Crippen LogP contribution in [0.5, 0.6) is 0 Å². The second-order valence-electron chi connectivity index (χ2n) is 4.43. The van der Waals surface area contributed by atoms with Crippen molar-refractivity contribution >= 4 is 11.9 Å². The first-order valence-electron chi connectivity index (χ1n) is 5.94. The minimum absolute atomic E-state index is 0.177. The lowest BCUT2D eigenvalue weighted by Crippen LogP contribution is -2.44. The van der Waals surface area contributed by atoms with Crippen molar-refractivity contribution in [3.05, 3.63) is 65.5 Å². The molecule has 0 bridgehead atoms. The Hall–Kier alpha value is -2.21. The van der Waals surface area contributed by atoms with Gasteiger partial charge in [-0.05, 0) is 23.8 Å². The van der Waals surface area contributed by atoms with Crippen molar-refractivity contribution in [1.29, 1.82) is 0 Å². The molecule has 0 spiro atoms. The highest BCUT2D eigenvalue weighted by atomic mass is 16.5. The number of benzene rings is 1. The van der Waals surface area contributed by atoms with Gasteiger partial charge >= 0.3 is 0 Å². The average Bonchev–Trinajstić information content (AvgIpc) is 2.44. The standard InChI is InChI=1S/C15H14O5/c16-12(7-6-10-4-2-1-3-5-10)11-8-9-15(19,20)14(18)13(11)17/h1-9,14,17-20H. The Bertz CT molecular complexity index is 596. The van der Waals surface area contributed by atoms with Gasteiger partial charge in [0.2, 0.25) is 5.79 Å². The molecule has 5 nitrogen and oxygen atoms in total. The molecule has 1 aliphatic carbocycles. The summed E-state index contributed by atoms with van der Waals surface area (Å²) in [5.74, 6) is -3.88. The van der Waals surface area contributed by atoms with Crippen LogP contribution in [0.25, 0.3) is 6.08 Å². The van der Waals surface area contributed by atoms with Crippen molar-refractivity contribution in [2.45, 2.75) is 11.9 Å². The van der Waals surface area contributed by atoms with E-state index in [9.17, 15) is 25.2 Å². The summed E-state index contributed by atoms with van der Waals surface area (Å²) < 4.78 is 0. The number of carbonyl (C=O) groups excluding carboxylic acids is 1. The molecule has 4 N–H and O–H groups in total. The highest BCUT2D eigenvalue weighted by molar-refractivity contribution is 6.08. The fourth-order valence-corrected chi connectivity index (χ4v) is 1.77. The molecule has 0 saturated heterocycles. The lowest BCUT2D eigenvalue weighted by Gasteiger charge is -2.27. The van der Waals surface area contributed by atoms with Crippen LogP contribution in [0.4, 0.5) is 0 Å². The predicted octanol–water partition coefficient (Wildman–Crippen LogP) is 0.693. The molecule has 0 saturated carbocycles. The largest absolute Gasteiger partial charge is 0.509 e. The van der Waals surface area contributed by atoms with Crippen molar-refractivity contribution in [2.24, 2.45) is 0 Å². The van der Waals surface area contributed by atoms with E-state index in [4.69, 9.17) is 0 Å². The van der Waals surface area contributed by atoms with Gasteiger partial charge in [0.05, 0.1) is 5.57 Å². The molecular formula is C15H14O5. The van der Waals surface area contributed by atoms with Gasteiger partial charge < -0.3 is 20.4 Å². The number of hydrogen-bond acceptors (Lipinski definition) is 5. The number of hydrogen-bond donors (Lipinski definition) is 4. The van der Waals surface area contributed by atoms with E-state index in [0.717, 1.165) is 17.7 Å². The van der Waals surface area contributed by atoms with Gasteiger partial charge in [0, 0.05) is 0 Å². The monoisotopic (exact) mass is 274 g/mol. The maximum Gasteiger partial charge on any atom is 0.217 e. The normalized spacial score (nSPS) is 21.4. The van der Waals surface area contributed by atoms with Crippen molar-refractivity contribution in [2.75, 3.05) is 0 Å². The minimum atomic E-state index is -2.57. The summed E-state index contributed by atoms with van der Waals surface area (Å²) in [5.41, 5.74) is 0.628. The van der Waals surface area contributed by atoms with E-state index in [1.54, 1.807) is 18.2 Å². The van der Waals surface area contributed by atoms with Gasteiger partial charge in [-0.3, -0.25) is 4.79 Å². The van der Waals surface area contributed by atoms with Crippen LogP contribution in [-0.4, -0.2) is 38.1 Å². The van der Waals surface area contributed by atoms with Gasteiger partial charge in [0.25, 0.3) is 0 Å². The Morgan fingerprint density at radius 2 is 1.85 bits per heavy atom. The molecular weight excluding hydrogens is 260 g/mol. The molecule has 1 aromatic rings. The highest BCUT2D eigenvalue weighted by Crippen LogP contribution is 2.25. The Labute approximate surface area is 115 Å². The van der Waals surface area contributed by atoms with E-state index in [0.29, 0.717) is 0 Å². The Kier molecular flexibility index (Phi) is 3.85. The maximum absolute atomic E-state index is 11.9. The highest BCUT2D eigenvalue weighted by Gasteiger charge is 2.38. The van der Waals surface area contributed by atoms with E-state index in [1.807, 2.05) is 18.2 Å². The third-order valence-corrected chi connectivity index (χ3v) is 2.92. The second kappa shape index (κ2) is 5.42. The molecule has 0 aliphatic heterocycles. The van der Waals surface area contributed by atoms with Crippen molar-refractivity contribution in [3.63, 3.8) is 0 Å². The van der Waals surface area contributed by atoms with Crippen LogP contribution in [0.1, 0.15) is 5.56 Å². The Balaban J connectivity index is 2.21. The van der Waals surface area contributed by atoms with Crippen LogP contribution >= 0.6 is 0 Å². The maximum atomic E-state index is 11.9. The van der Waals surface area contributed by atoms with Crippen LogP contribution < -0.4 is 0 Å². The summed E-state index contributed by atoms with van der Waals surface area (Å²) >= 11 is 0. The van der Waals surface area contributed by atoms with E-state index >= 15 is 0 Å². The molecule has 20 heavy (non-hydrogen) atoms. The fraction of sp³-hybridized carbons (Fsp3) is 0.133. The third-order valence-electron chi connectivity index (χ3n) is 2.92. The lowest BCUT2D eigenvalue weighted by atomic mass is 9.94. The summed E-state index contributed by atoms with van der Waals surface area (Å²) in [4.78, 5) is 11.9. The first kappa shape index (κ1) is 14.2. The molecule has 2 rings (SSSR count). The predicted molar refractivity (Wildman–Crippen MR) is 72.5 cm³/mol. The van der Waals surface area contributed by atoms with Crippen LogP contribution in [-0.2, 0) is 4.79 Å². The topological polar surface area (TPSA) is 98.0 Å². The zero-order valence-electron chi connectivity index (χ0n) is 10.5. The number of ketones is 1. The number of allylic oxidation sites excluding steroid dienone is 3.